The zero-order valence-corrected chi connectivity index (χ0v) is 14.3. The molecule has 3 rings (SSSR count). The van der Waals surface area contributed by atoms with E-state index in [4.69, 9.17) is 25.6 Å². The van der Waals surface area contributed by atoms with Crippen LogP contribution in [0.25, 0.3) is 0 Å². The molecular formula is C18H15ClN2O4. The van der Waals surface area contributed by atoms with Crippen LogP contribution in [0.3, 0.4) is 0 Å². The first-order valence-corrected chi connectivity index (χ1v) is 7.79. The summed E-state index contributed by atoms with van der Waals surface area (Å²) in [5.41, 5.74) is 1.04. The van der Waals surface area contributed by atoms with Crippen LogP contribution < -0.4 is 14.8 Å². The van der Waals surface area contributed by atoms with Crippen molar-refractivity contribution in [1.29, 1.82) is 0 Å². The molecule has 128 valence electrons. The summed E-state index contributed by atoms with van der Waals surface area (Å²) >= 11 is 6.03. The summed E-state index contributed by atoms with van der Waals surface area (Å²) in [5.74, 6) is 1.42. The van der Waals surface area contributed by atoms with Crippen molar-refractivity contribution in [2.75, 3.05) is 12.4 Å². The predicted molar refractivity (Wildman–Crippen MR) is 93.7 cm³/mol. The van der Waals surface area contributed by atoms with Gasteiger partial charge in [-0.15, -0.1) is 0 Å². The minimum absolute atomic E-state index is 0.105. The Bertz CT molecular complexity index is 890. The molecule has 0 saturated heterocycles. The van der Waals surface area contributed by atoms with Gasteiger partial charge in [-0.1, -0.05) is 16.8 Å². The van der Waals surface area contributed by atoms with Crippen LogP contribution in [-0.2, 0) is 0 Å². The molecule has 0 bridgehead atoms. The highest BCUT2D eigenvalue weighted by atomic mass is 35.5. The van der Waals surface area contributed by atoms with Crippen LogP contribution >= 0.6 is 11.6 Å². The van der Waals surface area contributed by atoms with Crippen molar-refractivity contribution in [3.8, 4) is 17.2 Å². The fourth-order valence-corrected chi connectivity index (χ4v) is 2.29. The molecular weight excluding hydrogens is 344 g/mol. The number of methoxy groups -OCH3 is 1. The number of carbonyl (C=O) groups excluding carboxylic acids is 1. The molecule has 0 radical (unpaired) electrons. The lowest BCUT2D eigenvalue weighted by Crippen LogP contribution is -2.11. The number of nitrogens with zero attached hydrogens (tertiary/aromatic N) is 1. The van der Waals surface area contributed by atoms with Gasteiger partial charge in [-0.25, -0.2) is 0 Å². The van der Waals surface area contributed by atoms with Gasteiger partial charge < -0.3 is 19.3 Å². The summed E-state index contributed by atoms with van der Waals surface area (Å²) in [7, 11) is 1.59. The van der Waals surface area contributed by atoms with Crippen LogP contribution in [0.4, 0.5) is 5.69 Å². The van der Waals surface area contributed by atoms with Gasteiger partial charge in [-0.05, 0) is 49.4 Å². The molecule has 0 atom stereocenters. The lowest BCUT2D eigenvalue weighted by atomic mass is 10.2. The van der Waals surface area contributed by atoms with Crippen molar-refractivity contribution in [1.82, 2.24) is 5.16 Å². The van der Waals surface area contributed by atoms with Crippen LogP contribution in [0, 0.1) is 6.92 Å². The average Bonchev–Trinajstić information content (AvgIpc) is 3.04. The SMILES string of the molecule is COc1ccc(Oc2ccc(Cl)cc2NC(=O)c2cc(C)no2)cc1. The smallest absolute Gasteiger partial charge is 0.294 e. The number of ether oxygens (including phenoxy) is 2. The summed E-state index contributed by atoms with van der Waals surface area (Å²) < 4.78 is 15.9. The van der Waals surface area contributed by atoms with Gasteiger partial charge in [-0.3, -0.25) is 4.79 Å². The van der Waals surface area contributed by atoms with Gasteiger partial charge in [0.1, 0.15) is 11.5 Å². The third-order valence-corrected chi connectivity index (χ3v) is 3.56. The van der Waals surface area contributed by atoms with Gasteiger partial charge in [0.15, 0.2) is 5.75 Å². The van der Waals surface area contributed by atoms with E-state index in [1.54, 1.807) is 62.6 Å². The first kappa shape index (κ1) is 16.9. The highest BCUT2D eigenvalue weighted by Crippen LogP contribution is 2.33. The fraction of sp³-hybridized carbons (Fsp3) is 0.111. The number of anilines is 1. The lowest BCUT2D eigenvalue weighted by molar-refractivity contribution is 0.0987. The van der Waals surface area contributed by atoms with Crippen LogP contribution in [0.15, 0.2) is 53.1 Å². The minimum Gasteiger partial charge on any atom is -0.497 e. The van der Waals surface area contributed by atoms with Crippen molar-refractivity contribution in [2.24, 2.45) is 0 Å². The Morgan fingerprint density at radius 2 is 1.84 bits per heavy atom. The van der Waals surface area contributed by atoms with Gasteiger partial charge >= 0.3 is 0 Å². The number of amides is 1. The largest absolute Gasteiger partial charge is 0.497 e. The predicted octanol–water partition coefficient (Wildman–Crippen LogP) is 4.69. The number of carbonyl (C=O) groups is 1. The topological polar surface area (TPSA) is 73.6 Å². The molecule has 1 heterocycles. The maximum absolute atomic E-state index is 12.3. The molecule has 6 nitrogen and oxygen atoms in total. The number of aryl methyl sites for hydroxylation is 1. The Kier molecular flexibility index (Phi) is 4.90. The highest BCUT2D eigenvalue weighted by molar-refractivity contribution is 6.31. The second-order valence-corrected chi connectivity index (χ2v) is 5.64. The van der Waals surface area contributed by atoms with Crippen molar-refractivity contribution in [2.45, 2.75) is 6.92 Å². The van der Waals surface area contributed by atoms with E-state index in [9.17, 15) is 4.79 Å². The second-order valence-electron chi connectivity index (χ2n) is 5.20. The van der Waals surface area contributed by atoms with Crippen molar-refractivity contribution in [3.05, 3.63) is 65.0 Å². The molecule has 7 heteroatoms. The van der Waals surface area contributed by atoms with E-state index >= 15 is 0 Å². The zero-order valence-electron chi connectivity index (χ0n) is 13.6. The summed E-state index contributed by atoms with van der Waals surface area (Å²) in [6.07, 6.45) is 0. The Morgan fingerprint density at radius 1 is 1.12 bits per heavy atom. The van der Waals surface area contributed by atoms with E-state index in [-0.39, 0.29) is 5.76 Å². The number of hydrogen-bond donors (Lipinski definition) is 1. The number of hydrogen-bond acceptors (Lipinski definition) is 5. The number of halogens is 1. The third-order valence-electron chi connectivity index (χ3n) is 3.33. The quantitative estimate of drug-likeness (QED) is 0.716. The number of benzene rings is 2. The average molecular weight is 359 g/mol. The van der Waals surface area contributed by atoms with Crippen molar-refractivity contribution in [3.63, 3.8) is 0 Å². The second kappa shape index (κ2) is 7.27. The molecule has 25 heavy (non-hydrogen) atoms. The Labute approximate surface area is 149 Å². The molecule has 0 fully saturated rings. The van der Waals surface area contributed by atoms with E-state index in [0.717, 1.165) is 5.75 Å². The van der Waals surface area contributed by atoms with Gasteiger partial charge in [0.05, 0.1) is 18.5 Å². The molecule has 3 aromatic rings. The molecule has 1 aromatic heterocycles. The Balaban J connectivity index is 1.83. The maximum Gasteiger partial charge on any atom is 0.294 e. The molecule has 1 amide bonds. The molecule has 0 aliphatic rings. The van der Waals surface area contributed by atoms with Crippen LogP contribution in [0.5, 0.6) is 17.2 Å². The Morgan fingerprint density at radius 3 is 2.48 bits per heavy atom. The third kappa shape index (κ3) is 4.10. The van der Waals surface area contributed by atoms with E-state index in [1.165, 1.54) is 0 Å². The summed E-state index contributed by atoms with van der Waals surface area (Å²) in [5, 5.41) is 6.88. The maximum atomic E-state index is 12.3. The van der Waals surface area contributed by atoms with Crippen molar-refractivity contribution < 1.29 is 18.8 Å². The van der Waals surface area contributed by atoms with Gasteiger partial charge in [0.2, 0.25) is 5.76 Å². The fourth-order valence-electron chi connectivity index (χ4n) is 2.11. The van der Waals surface area contributed by atoms with Gasteiger partial charge in [-0.2, -0.15) is 0 Å². The zero-order chi connectivity index (χ0) is 17.8. The summed E-state index contributed by atoms with van der Waals surface area (Å²) in [4.78, 5) is 12.3. The lowest BCUT2D eigenvalue weighted by Gasteiger charge is -2.12. The molecule has 0 unspecified atom stereocenters. The number of rotatable bonds is 5. The summed E-state index contributed by atoms with van der Waals surface area (Å²) in [6, 6.07) is 13.6. The van der Waals surface area contributed by atoms with Gasteiger partial charge in [0, 0.05) is 11.1 Å². The monoisotopic (exact) mass is 358 g/mol. The van der Waals surface area contributed by atoms with E-state index in [0.29, 0.717) is 27.9 Å². The first-order valence-electron chi connectivity index (χ1n) is 7.41. The number of nitrogens with one attached hydrogen (secondary N) is 1. The van der Waals surface area contributed by atoms with E-state index in [2.05, 4.69) is 10.5 Å². The molecule has 0 saturated carbocycles. The molecule has 0 aliphatic carbocycles. The van der Waals surface area contributed by atoms with Gasteiger partial charge in [0.25, 0.3) is 5.91 Å². The minimum atomic E-state index is -0.442. The molecule has 0 spiro atoms. The normalized spacial score (nSPS) is 10.4. The molecule has 1 N–H and O–H groups in total. The van der Waals surface area contributed by atoms with Crippen LogP contribution in [-0.4, -0.2) is 18.2 Å². The van der Waals surface area contributed by atoms with Crippen molar-refractivity contribution >= 4 is 23.2 Å². The van der Waals surface area contributed by atoms with Crippen LogP contribution in [0.1, 0.15) is 16.2 Å². The first-order chi connectivity index (χ1) is 12.0. The summed E-state index contributed by atoms with van der Waals surface area (Å²) in [6.45, 7) is 1.73. The highest BCUT2D eigenvalue weighted by Gasteiger charge is 2.15. The number of aromatic nitrogens is 1. The Hall–Kier alpha value is -2.99. The van der Waals surface area contributed by atoms with E-state index < -0.39 is 5.91 Å². The molecule has 2 aromatic carbocycles. The molecule has 0 aliphatic heterocycles. The van der Waals surface area contributed by atoms with E-state index in [1.807, 2.05) is 0 Å². The van der Waals surface area contributed by atoms with Crippen LogP contribution in [0.2, 0.25) is 5.02 Å². The standard InChI is InChI=1S/C18H15ClN2O4/c1-11-9-17(25-21-11)18(22)20-15-10-12(19)3-8-16(15)24-14-6-4-13(23-2)5-7-14/h3-10H,1-2H3,(H,20,22).